The first-order chi connectivity index (χ1) is 8.22. The average molecular weight is 252 g/mol. The molecule has 0 saturated carbocycles. The molecule has 5 nitrogen and oxygen atoms in total. The first-order valence-electron chi connectivity index (χ1n) is 5.06. The van der Waals surface area contributed by atoms with Gasteiger partial charge in [-0.1, -0.05) is 12.1 Å². The largest absolute Gasteiger partial charge is 0.479 e. The minimum absolute atomic E-state index is 0.220. The maximum absolute atomic E-state index is 10.8. The van der Waals surface area contributed by atoms with Gasteiger partial charge in [-0.05, 0) is 23.7 Å². The second-order valence-corrected chi connectivity index (χ2v) is 4.25. The van der Waals surface area contributed by atoms with Crippen molar-refractivity contribution in [3.63, 3.8) is 0 Å². The van der Waals surface area contributed by atoms with Crippen LogP contribution in [0.25, 0.3) is 10.9 Å². The fraction of sp³-hybridized carbons (Fsp3) is 0.273. The SMILES string of the molecule is COC(CNc1snc2ccccc12)C(=O)O. The van der Waals surface area contributed by atoms with E-state index in [2.05, 4.69) is 9.69 Å². The van der Waals surface area contributed by atoms with E-state index in [0.717, 1.165) is 15.9 Å². The number of carboxylic acid groups (broad SMARTS) is 1. The number of anilines is 1. The van der Waals surface area contributed by atoms with Gasteiger partial charge in [0.05, 0.1) is 12.1 Å². The Hall–Kier alpha value is -1.66. The summed E-state index contributed by atoms with van der Waals surface area (Å²) in [5.74, 6) is -0.978. The number of carbonyl (C=O) groups is 1. The van der Waals surface area contributed by atoms with Crippen molar-refractivity contribution in [3.05, 3.63) is 24.3 Å². The van der Waals surface area contributed by atoms with Gasteiger partial charge in [-0.3, -0.25) is 0 Å². The van der Waals surface area contributed by atoms with Crippen molar-refractivity contribution in [2.24, 2.45) is 0 Å². The zero-order chi connectivity index (χ0) is 12.3. The lowest BCUT2D eigenvalue weighted by molar-refractivity contribution is -0.147. The van der Waals surface area contributed by atoms with Crippen LogP contribution in [0.15, 0.2) is 24.3 Å². The van der Waals surface area contributed by atoms with Crippen molar-refractivity contribution in [1.82, 2.24) is 4.37 Å². The Labute approximate surface area is 102 Å². The van der Waals surface area contributed by atoms with E-state index in [9.17, 15) is 4.79 Å². The number of nitrogens with zero attached hydrogens (tertiary/aromatic N) is 1. The van der Waals surface area contributed by atoms with Crippen LogP contribution in [0.4, 0.5) is 5.00 Å². The monoisotopic (exact) mass is 252 g/mol. The summed E-state index contributed by atoms with van der Waals surface area (Å²) < 4.78 is 9.10. The molecule has 1 aromatic carbocycles. The third-order valence-electron chi connectivity index (χ3n) is 2.39. The number of rotatable bonds is 5. The van der Waals surface area contributed by atoms with Gasteiger partial charge in [0.1, 0.15) is 5.00 Å². The van der Waals surface area contributed by atoms with E-state index in [1.807, 2.05) is 24.3 Å². The molecule has 90 valence electrons. The van der Waals surface area contributed by atoms with Crippen molar-refractivity contribution in [1.29, 1.82) is 0 Å². The van der Waals surface area contributed by atoms with Gasteiger partial charge in [0.15, 0.2) is 6.10 Å². The predicted molar refractivity (Wildman–Crippen MR) is 66.5 cm³/mol. The Kier molecular flexibility index (Phi) is 3.55. The maximum atomic E-state index is 10.8. The number of benzene rings is 1. The molecule has 0 fully saturated rings. The van der Waals surface area contributed by atoms with Crippen molar-refractivity contribution in [3.8, 4) is 0 Å². The quantitative estimate of drug-likeness (QED) is 0.849. The second kappa shape index (κ2) is 5.11. The molecule has 2 N–H and O–H groups in total. The number of nitrogens with one attached hydrogen (secondary N) is 1. The minimum Gasteiger partial charge on any atom is -0.479 e. The van der Waals surface area contributed by atoms with Crippen LogP contribution < -0.4 is 5.32 Å². The van der Waals surface area contributed by atoms with Crippen molar-refractivity contribution < 1.29 is 14.6 Å². The van der Waals surface area contributed by atoms with Crippen LogP contribution in [0.5, 0.6) is 0 Å². The Balaban J connectivity index is 2.11. The predicted octanol–water partition coefficient (Wildman–Crippen LogP) is 1.81. The van der Waals surface area contributed by atoms with Gasteiger partial charge < -0.3 is 15.2 Å². The molecular formula is C11H12N2O3S. The van der Waals surface area contributed by atoms with Crippen LogP contribution in [0, 0.1) is 0 Å². The molecule has 0 spiro atoms. The van der Waals surface area contributed by atoms with Crippen LogP contribution in [0.2, 0.25) is 0 Å². The molecule has 0 amide bonds. The highest BCUT2D eigenvalue weighted by Gasteiger charge is 2.16. The third kappa shape index (κ3) is 2.54. The summed E-state index contributed by atoms with van der Waals surface area (Å²) >= 11 is 1.32. The van der Waals surface area contributed by atoms with Crippen molar-refractivity contribution in [2.75, 3.05) is 19.0 Å². The lowest BCUT2D eigenvalue weighted by Gasteiger charge is -2.11. The number of hydrogen-bond acceptors (Lipinski definition) is 5. The van der Waals surface area contributed by atoms with E-state index in [1.54, 1.807) is 0 Å². The molecule has 0 bridgehead atoms. The molecular weight excluding hydrogens is 240 g/mol. The molecule has 0 aliphatic heterocycles. The van der Waals surface area contributed by atoms with Gasteiger partial charge in [-0.15, -0.1) is 0 Å². The average Bonchev–Trinajstić information content (AvgIpc) is 2.73. The topological polar surface area (TPSA) is 71.5 Å². The number of aliphatic carboxylic acids is 1. The summed E-state index contributed by atoms with van der Waals surface area (Å²) in [6.45, 7) is 0.220. The Morgan fingerprint density at radius 1 is 1.59 bits per heavy atom. The van der Waals surface area contributed by atoms with Crippen molar-refractivity contribution >= 4 is 33.4 Å². The number of fused-ring (bicyclic) bond motifs is 1. The second-order valence-electron chi connectivity index (χ2n) is 3.47. The fourth-order valence-corrected chi connectivity index (χ4v) is 2.24. The first kappa shape index (κ1) is 11.8. The lowest BCUT2D eigenvalue weighted by atomic mass is 10.2. The molecule has 1 heterocycles. The van der Waals surface area contributed by atoms with E-state index in [1.165, 1.54) is 18.6 Å². The van der Waals surface area contributed by atoms with E-state index in [0.29, 0.717) is 0 Å². The summed E-state index contributed by atoms with van der Waals surface area (Å²) in [6, 6.07) is 7.71. The smallest absolute Gasteiger partial charge is 0.334 e. The number of aromatic nitrogens is 1. The molecule has 2 rings (SSSR count). The molecule has 2 aromatic rings. The molecule has 0 aliphatic carbocycles. The zero-order valence-electron chi connectivity index (χ0n) is 9.21. The fourth-order valence-electron chi connectivity index (χ4n) is 1.47. The molecule has 0 radical (unpaired) electrons. The van der Waals surface area contributed by atoms with E-state index in [-0.39, 0.29) is 6.54 Å². The van der Waals surface area contributed by atoms with E-state index >= 15 is 0 Å². The summed E-state index contributed by atoms with van der Waals surface area (Å²) in [4.78, 5) is 10.8. The molecule has 0 saturated heterocycles. The van der Waals surface area contributed by atoms with Gasteiger partial charge >= 0.3 is 5.97 Å². The number of ether oxygens (including phenoxy) is 1. The highest BCUT2D eigenvalue weighted by Crippen LogP contribution is 2.27. The van der Waals surface area contributed by atoms with Gasteiger partial charge in [-0.25, -0.2) is 4.79 Å². The highest BCUT2D eigenvalue weighted by molar-refractivity contribution is 7.11. The van der Waals surface area contributed by atoms with Gasteiger partial charge in [0.25, 0.3) is 0 Å². The summed E-state index contributed by atoms with van der Waals surface area (Å²) in [7, 11) is 1.38. The molecule has 1 aromatic heterocycles. The first-order valence-corrected chi connectivity index (χ1v) is 5.83. The van der Waals surface area contributed by atoms with Gasteiger partial charge in [-0.2, -0.15) is 4.37 Å². The minimum atomic E-state index is -0.978. The van der Waals surface area contributed by atoms with Crippen LogP contribution in [0.3, 0.4) is 0 Å². The number of methoxy groups -OCH3 is 1. The Bertz CT molecular complexity index is 526. The van der Waals surface area contributed by atoms with E-state index < -0.39 is 12.1 Å². The van der Waals surface area contributed by atoms with Gasteiger partial charge in [0.2, 0.25) is 0 Å². The molecule has 1 atom stereocenters. The number of carboxylic acids is 1. The van der Waals surface area contributed by atoms with E-state index in [4.69, 9.17) is 9.84 Å². The van der Waals surface area contributed by atoms with Crippen molar-refractivity contribution in [2.45, 2.75) is 6.10 Å². The standard InChI is InChI=1S/C11H12N2O3S/c1-16-9(11(14)15)6-12-10-7-4-2-3-5-8(7)13-17-10/h2-5,9,12H,6H2,1H3,(H,14,15). The highest BCUT2D eigenvalue weighted by atomic mass is 32.1. The van der Waals surface area contributed by atoms with Gasteiger partial charge in [0, 0.05) is 12.5 Å². The molecule has 0 aliphatic rings. The lowest BCUT2D eigenvalue weighted by Crippen LogP contribution is -2.30. The summed E-state index contributed by atoms with van der Waals surface area (Å²) in [5.41, 5.74) is 0.907. The molecule has 6 heteroatoms. The molecule has 1 unspecified atom stereocenters. The summed E-state index contributed by atoms with van der Waals surface area (Å²) in [6.07, 6.45) is -0.851. The molecule has 17 heavy (non-hydrogen) atoms. The Morgan fingerprint density at radius 2 is 2.35 bits per heavy atom. The zero-order valence-corrected chi connectivity index (χ0v) is 10.0. The Morgan fingerprint density at radius 3 is 3.06 bits per heavy atom. The van der Waals surface area contributed by atoms with Crippen LogP contribution in [0.1, 0.15) is 0 Å². The third-order valence-corrected chi connectivity index (χ3v) is 3.23. The van der Waals surface area contributed by atoms with Crippen LogP contribution in [-0.2, 0) is 9.53 Å². The van der Waals surface area contributed by atoms with Crippen LogP contribution in [-0.4, -0.2) is 35.2 Å². The normalized spacial score (nSPS) is 12.5. The number of hydrogen-bond donors (Lipinski definition) is 2. The van der Waals surface area contributed by atoms with Crippen LogP contribution >= 0.6 is 11.5 Å². The summed E-state index contributed by atoms with van der Waals surface area (Å²) in [5, 5.41) is 13.8. The maximum Gasteiger partial charge on any atom is 0.334 e.